The van der Waals surface area contributed by atoms with Crippen molar-refractivity contribution in [2.24, 2.45) is 12.9 Å². The Morgan fingerprint density at radius 3 is 2.67 bits per heavy atom. The van der Waals surface area contributed by atoms with E-state index in [9.17, 15) is 0 Å². The second-order valence-corrected chi connectivity index (χ2v) is 5.69. The molecule has 1 fully saturated rings. The first-order valence-corrected chi connectivity index (χ1v) is 7.57. The quantitative estimate of drug-likeness (QED) is 0.613. The van der Waals surface area contributed by atoms with Gasteiger partial charge in [0.2, 0.25) is 17.1 Å². The molecule has 1 aliphatic rings. The lowest BCUT2D eigenvalue weighted by molar-refractivity contribution is 0.565. The van der Waals surface area contributed by atoms with Gasteiger partial charge in [-0.2, -0.15) is 15.0 Å². The van der Waals surface area contributed by atoms with Gasteiger partial charge >= 0.3 is 0 Å². The van der Waals surface area contributed by atoms with Gasteiger partial charge in [-0.05, 0) is 31.0 Å². The maximum Gasteiger partial charge on any atom is 0.242 e. The van der Waals surface area contributed by atoms with Crippen LogP contribution in [0.5, 0.6) is 0 Å². The molecule has 3 N–H and O–H groups in total. The molecule has 0 bridgehead atoms. The molecule has 0 amide bonds. The third-order valence-corrected chi connectivity index (χ3v) is 4.14. The Labute approximate surface area is 126 Å². The smallest absolute Gasteiger partial charge is 0.242 e. The lowest BCUT2D eigenvalue weighted by atomic mass is 10.1. The van der Waals surface area contributed by atoms with Crippen molar-refractivity contribution in [3.63, 3.8) is 0 Å². The molecule has 3 heterocycles. The number of rotatable bonds is 4. The number of aromatic nitrogens is 6. The standard InChI is InChI=1S/C11H17N9S/c1-19-7-13-18-11(19)21-10-15-8(17-12)14-9(16-10)20-5-3-2-4-6-20/h7H,2-6,12H2,1H3,(H,14,15,16,17). The Hall–Kier alpha value is -1.94. The van der Waals surface area contributed by atoms with Crippen molar-refractivity contribution in [1.29, 1.82) is 0 Å². The van der Waals surface area contributed by atoms with Crippen molar-refractivity contribution in [3.05, 3.63) is 6.33 Å². The number of nitrogens with two attached hydrogens (primary N) is 1. The first-order valence-electron chi connectivity index (χ1n) is 6.76. The van der Waals surface area contributed by atoms with E-state index < -0.39 is 0 Å². The highest BCUT2D eigenvalue weighted by Gasteiger charge is 2.17. The molecule has 3 rings (SSSR count). The van der Waals surface area contributed by atoms with Gasteiger partial charge in [-0.3, -0.25) is 5.43 Å². The molecule has 0 atom stereocenters. The summed E-state index contributed by atoms with van der Waals surface area (Å²) in [5, 5.41) is 9.13. The fourth-order valence-electron chi connectivity index (χ4n) is 2.14. The topological polar surface area (TPSA) is 111 Å². The Kier molecular flexibility index (Phi) is 4.15. The molecule has 0 radical (unpaired) electrons. The normalized spacial score (nSPS) is 15.2. The average molecular weight is 307 g/mol. The molecule has 0 aromatic carbocycles. The van der Waals surface area contributed by atoms with Crippen LogP contribution >= 0.6 is 11.8 Å². The molecule has 1 saturated heterocycles. The summed E-state index contributed by atoms with van der Waals surface area (Å²) in [6.45, 7) is 1.92. The van der Waals surface area contributed by atoms with Crippen molar-refractivity contribution in [2.75, 3.05) is 23.4 Å². The molecule has 2 aromatic heterocycles. The van der Waals surface area contributed by atoms with Crippen LogP contribution in [-0.4, -0.2) is 42.8 Å². The molecule has 2 aromatic rings. The molecule has 0 spiro atoms. The van der Waals surface area contributed by atoms with Gasteiger partial charge in [0, 0.05) is 20.1 Å². The van der Waals surface area contributed by atoms with Gasteiger partial charge in [-0.25, -0.2) is 5.84 Å². The number of hydrogen-bond donors (Lipinski definition) is 2. The van der Waals surface area contributed by atoms with E-state index in [-0.39, 0.29) is 0 Å². The van der Waals surface area contributed by atoms with Gasteiger partial charge in [0.05, 0.1) is 0 Å². The Morgan fingerprint density at radius 2 is 2.00 bits per heavy atom. The molecule has 0 unspecified atom stereocenters. The van der Waals surface area contributed by atoms with E-state index in [2.05, 4.69) is 35.5 Å². The van der Waals surface area contributed by atoms with Gasteiger partial charge in [-0.1, -0.05) is 0 Å². The minimum Gasteiger partial charge on any atom is -0.341 e. The zero-order chi connectivity index (χ0) is 14.7. The lowest BCUT2D eigenvalue weighted by Gasteiger charge is -2.26. The highest BCUT2D eigenvalue weighted by atomic mass is 32.2. The summed E-state index contributed by atoms with van der Waals surface area (Å²) in [5.41, 5.74) is 2.50. The zero-order valence-corrected chi connectivity index (χ0v) is 12.5. The highest BCUT2D eigenvalue weighted by Crippen LogP contribution is 2.25. The SMILES string of the molecule is Cn1cnnc1Sc1nc(NN)nc(N2CCCCC2)n1. The van der Waals surface area contributed by atoms with Crippen LogP contribution in [0.3, 0.4) is 0 Å². The third kappa shape index (κ3) is 3.22. The van der Waals surface area contributed by atoms with E-state index in [0.717, 1.165) is 25.9 Å². The molecule has 10 heteroatoms. The summed E-state index contributed by atoms with van der Waals surface area (Å²) in [7, 11) is 1.87. The Balaban J connectivity index is 1.87. The van der Waals surface area contributed by atoms with Crippen molar-refractivity contribution in [2.45, 2.75) is 29.6 Å². The van der Waals surface area contributed by atoms with Crippen LogP contribution in [-0.2, 0) is 7.05 Å². The Bertz CT molecular complexity index is 607. The van der Waals surface area contributed by atoms with Gasteiger partial charge < -0.3 is 9.47 Å². The number of nitrogens with zero attached hydrogens (tertiary/aromatic N) is 7. The number of aryl methyl sites for hydroxylation is 1. The zero-order valence-electron chi connectivity index (χ0n) is 11.7. The van der Waals surface area contributed by atoms with Gasteiger partial charge in [0.25, 0.3) is 0 Å². The number of nitrogens with one attached hydrogen (secondary N) is 1. The third-order valence-electron chi connectivity index (χ3n) is 3.22. The van der Waals surface area contributed by atoms with Crippen LogP contribution in [0.2, 0.25) is 0 Å². The van der Waals surface area contributed by atoms with Crippen LogP contribution in [0.1, 0.15) is 19.3 Å². The number of anilines is 2. The van der Waals surface area contributed by atoms with Crippen molar-refractivity contribution < 1.29 is 0 Å². The van der Waals surface area contributed by atoms with Crippen LogP contribution in [0.4, 0.5) is 11.9 Å². The molecule has 112 valence electrons. The first kappa shape index (κ1) is 14.0. The monoisotopic (exact) mass is 307 g/mol. The molecule has 21 heavy (non-hydrogen) atoms. The first-order chi connectivity index (χ1) is 10.3. The number of piperidine rings is 1. The number of hydrogen-bond acceptors (Lipinski definition) is 9. The van der Waals surface area contributed by atoms with Crippen LogP contribution in [0, 0.1) is 0 Å². The van der Waals surface area contributed by atoms with E-state index in [1.807, 2.05) is 11.6 Å². The van der Waals surface area contributed by atoms with Crippen molar-refractivity contribution >= 4 is 23.7 Å². The molecular weight excluding hydrogens is 290 g/mol. The van der Waals surface area contributed by atoms with E-state index in [4.69, 9.17) is 5.84 Å². The van der Waals surface area contributed by atoms with E-state index in [1.54, 1.807) is 6.33 Å². The molecular formula is C11H17N9S. The predicted molar refractivity (Wildman–Crippen MR) is 78.8 cm³/mol. The van der Waals surface area contributed by atoms with Crippen molar-refractivity contribution in [3.8, 4) is 0 Å². The van der Waals surface area contributed by atoms with Gasteiger partial charge in [0.15, 0.2) is 5.16 Å². The van der Waals surface area contributed by atoms with Crippen LogP contribution < -0.4 is 16.2 Å². The number of nitrogen functional groups attached to an aromatic ring is 1. The fraction of sp³-hybridized carbons (Fsp3) is 0.545. The van der Waals surface area contributed by atoms with Crippen molar-refractivity contribution in [1.82, 2.24) is 29.7 Å². The van der Waals surface area contributed by atoms with Crippen LogP contribution in [0.25, 0.3) is 0 Å². The minimum absolute atomic E-state index is 0.357. The molecule has 0 aliphatic carbocycles. The summed E-state index contributed by atoms with van der Waals surface area (Å²) < 4.78 is 1.81. The minimum atomic E-state index is 0.357. The van der Waals surface area contributed by atoms with Gasteiger partial charge in [0.1, 0.15) is 6.33 Å². The summed E-state index contributed by atoms with van der Waals surface area (Å²) in [6, 6.07) is 0. The molecule has 9 nitrogen and oxygen atoms in total. The highest BCUT2D eigenvalue weighted by molar-refractivity contribution is 7.99. The van der Waals surface area contributed by atoms with Gasteiger partial charge in [-0.15, -0.1) is 10.2 Å². The average Bonchev–Trinajstić information content (AvgIpc) is 2.93. The maximum atomic E-state index is 5.46. The Morgan fingerprint density at radius 1 is 1.19 bits per heavy atom. The summed E-state index contributed by atoms with van der Waals surface area (Å²) in [5.74, 6) is 6.47. The van der Waals surface area contributed by atoms with E-state index in [1.165, 1.54) is 18.2 Å². The van der Waals surface area contributed by atoms with E-state index in [0.29, 0.717) is 22.2 Å². The molecule has 0 saturated carbocycles. The predicted octanol–water partition coefficient (Wildman–Crippen LogP) is 0.427. The number of hydrazine groups is 1. The lowest BCUT2D eigenvalue weighted by Crippen LogP contribution is -2.31. The van der Waals surface area contributed by atoms with E-state index >= 15 is 0 Å². The maximum absolute atomic E-state index is 5.46. The second-order valence-electron chi connectivity index (χ2n) is 4.76. The summed E-state index contributed by atoms with van der Waals surface area (Å²) >= 11 is 1.33. The summed E-state index contributed by atoms with van der Waals surface area (Å²) in [4.78, 5) is 15.3. The van der Waals surface area contributed by atoms with Crippen LogP contribution in [0.15, 0.2) is 16.6 Å². The summed E-state index contributed by atoms with van der Waals surface area (Å²) in [6.07, 6.45) is 5.20. The fourth-order valence-corrected chi connectivity index (χ4v) is 2.84. The second kappa shape index (κ2) is 6.22. The largest absolute Gasteiger partial charge is 0.341 e. The molecule has 1 aliphatic heterocycles.